The van der Waals surface area contributed by atoms with Crippen LogP contribution in [0.5, 0.6) is 11.5 Å². The Kier molecular flexibility index (Phi) is 4.16. The van der Waals surface area contributed by atoms with Crippen LogP contribution in [0.1, 0.15) is 0 Å². The highest BCUT2D eigenvalue weighted by Gasteiger charge is 2.27. The molecule has 1 aliphatic rings. The third-order valence-electron chi connectivity index (χ3n) is 3.51. The van der Waals surface area contributed by atoms with Crippen molar-refractivity contribution < 1.29 is 14.4 Å². The summed E-state index contributed by atoms with van der Waals surface area (Å²) >= 11 is 5.81. The lowest BCUT2D eigenvalue weighted by Gasteiger charge is -2.34. The number of rotatable bonds is 4. The van der Waals surface area contributed by atoms with Crippen molar-refractivity contribution >= 4 is 23.1 Å². The monoisotopic (exact) mass is 336 g/mol. The van der Waals surface area contributed by atoms with Crippen LogP contribution in [0.3, 0.4) is 0 Å². The van der Waals surface area contributed by atoms with Crippen LogP contribution in [-0.2, 0) is 0 Å². The van der Waals surface area contributed by atoms with Gasteiger partial charge in [-0.3, -0.25) is 10.1 Å². The first kappa shape index (κ1) is 15.3. The second-order valence-electron chi connectivity index (χ2n) is 4.96. The van der Waals surface area contributed by atoms with Crippen LogP contribution in [0.4, 0.5) is 11.5 Å². The van der Waals surface area contributed by atoms with Gasteiger partial charge in [0.05, 0.1) is 17.2 Å². The van der Waals surface area contributed by atoms with E-state index in [0.29, 0.717) is 30.5 Å². The molecular weight excluding hydrogens is 324 g/mol. The molecule has 2 aromatic rings. The molecular formula is C14H13ClN4O4. The van der Waals surface area contributed by atoms with Crippen molar-refractivity contribution in [2.24, 2.45) is 0 Å². The van der Waals surface area contributed by atoms with Gasteiger partial charge in [0, 0.05) is 19.2 Å². The lowest BCUT2D eigenvalue weighted by atomic mass is 10.2. The highest BCUT2D eigenvalue weighted by Crippen LogP contribution is 2.31. The largest absolute Gasteiger partial charge is 0.491 e. The molecule has 9 heteroatoms. The first-order chi connectivity index (χ1) is 11.0. The van der Waals surface area contributed by atoms with Gasteiger partial charge in [-0.2, -0.15) is 4.98 Å². The lowest BCUT2D eigenvalue weighted by molar-refractivity contribution is -0.384. The fourth-order valence-corrected chi connectivity index (χ4v) is 2.31. The minimum Gasteiger partial charge on any atom is -0.491 e. The molecule has 0 unspecified atom stereocenters. The van der Waals surface area contributed by atoms with Gasteiger partial charge in [0.1, 0.15) is 19.0 Å². The molecule has 3 rings (SSSR count). The van der Waals surface area contributed by atoms with Crippen molar-refractivity contribution in [1.82, 2.24) is 9.97 Å². The van der Waals surface area contributed by atoms with Gasteiger partial charge in [-0.25, -0.2) is 4.98 Å². The molecule has 0 bridgehead atoms. The van der Waals surface area contributed by atoms with Crippen LogP contribution in [0.15, 0.2) is 30.5 Å². The molecule has 1 aromatic carbocycles. The predicted molar refractivity (Wildman–Crippen MR) is 83.3 cm³/mol. The van der Waals surface area contributed by atoms with Crippen molar-refractivity contribution in [3.63, 3.8) is 0 Å². The molecule has 8 nitrogen and oxygen atoms in total. The normalized spacial score (nSPS) is 16.4. The van der Waals surface area contributed by atoms with E-state index in [2.05, 4.69) is 9.97 Å². The number of likely N-dealkylation sites (N-methyl/N-ethyl adjacent to an activating group) is 1. The second kappa shape index (κ2) is 6.25. The summed E-state index contributed by atoms with van der Waals surface area (Å²) in [5, 5.41) is 10.8. The number of anilines is 1. The molecule has 2 heterocycles. The van der Waals surface area contributed by atoms with E-state index < -0.39 is 4.92 Å². The van der Waals surface area contributed by atoms with Crippen molar-refractivity contribution in [2.45, 2.75) is 6.04 Å². The first-order valence-electron chi connectivity index (χ1n) is 6.80. The zero-order chi connectivity index (χ0) is 16.4. The van der Waals surface area contributed by atoms with E-state index in [9.17, 15) is 10.1 Å². The molecule has 0 saturated heterocycles. The molecule has 0 amide bonds. The van der Waals surface area contributed by atoms with Crippen molar-refractivity contribution in [2.75, 3.05) is 25.2 Å². The number of benzene rings is 1. The molecule has 1 aromatic heterocycles. The smallest absolute Gasteiger partial charge is 0.269 e. The summed E-state index contributed by atoms with van der Waals surface area (Å²) in [6.07, 6.45) is 1.54. The molecule has 0 N–H and O–H groups in total. The van der Waals surface area contributed by atoms with Gasteiger partial charge in [-0.05, 0) is 23.7 Å². The maximum Gasteiger partial charge on any atom is 0.269 e. The van der Waals surface area contributed by atoms with Gasteiger partial charge >= 0.3 is 0 Å². The van der Waals surface area contributed by atoms with Crippen molar-refractivity contribution in [3.8, 4) is 11.5 Å². The standard InChI is InChI=1S/C14H13ClN4O4/c1-18-10(8-23-12-6-16-14(15)17-13(12)18)7-22-11-4-2-9(3-5-11)19(20)21/h2-6,10H,7-8H2,1H3/t10-/m1/s1. The average molecular weight is 337 g/mol. The number of hydrogen-bond acceptors (Lipinski definition) is 7. The van der Waals surface area contributed by atoms with Gasteiger partial charge in [0.2, 0.25) is 5.28 Å². The number of aromatic nitrogens is 2. The van der Waals surface area contributed by atoms with E-state index >= 15 is 0 Å². The van der Waals surface area contributed by atoms with Crippen LogP contribution >= 0.6 is 11.6 Å². The summed E-state index contributed by atoms with van der Waals surface area (Å²) < 4.78 is 11.3. The Morgan fingerprint density at radius 2 is 2.22 bits per heavy atom. The highest BCUT2D eigenvalue weighted by atomic mass is 35.5. The van der Waals surface area contributed by atoms with Crippen molar-refractivity contribution in [1.29, 1.82) is 0 Å². The minimum absolute atomic E-state index is 0.0238. The van der Waals surface area contributed by atoms with Gasteiger partial charge in [-0.1, -0.05) is 0 Å². The maximum absolute atomic E-state index is 10.6. The summed E-state index contributed by atoms with van der Waals surface area (Å²) in [7, 11) is 1.87. The number of nitro groups is 1. The lowest BCUT2D eigenvalue weighted by Crippen LogP contribution is -2.44. The van der Waals surface area contributed by atoms with Gasteiger partial charge in [0.25, 0.3) is 5.69 Å². The predicted octanol–water partition coefficient (Wildman–Crippen LogP) is 2.31. The zero-order valence-corrected chi connectivity index (χ0v) is 12.9. The number of halogens is 1. The summed E-state index contributed by atoms with van der Waals surface area (Å²) in [4.78, 5) is 20.1. The Morgan fingerprint density at radius 3 is 2.91 bits per heavy atom. The number of fused-ring (bicyclic) bond motifs is 1. The Balaban J connectivity index is 1.66. The van der Waals surface area contributed by atoms with Crippen LogP contribution < -0.4 is 14.4 Å². The average Bonchev–Trinajstić information content (AvgIpc) is 2.55. The minimum atomic E-state index is -0.451. The molecule has 1 aliphatic heterocycles. The van der Waals surface area contributed by atoms with Crippen LogP contribution in [0.2, 0.25) is 5.28 Å². The molecule has 0 fully saturated rings. The number of nitro benzene ring substituents is 1. The summed E-state index contributed by atoms with van der Waals surface area (Å²) in [5.41, 5.74) is 0.0238. The molecule has 1 atom stereocenters. The van der Waals surface area contributed by atoms with E-state index in [4.69, 9.17) is 21.1 Å². The first-order valence-corrected chi connectivity index (χ1v) is 7.18. The van der Waals surface area contributed by atoms with Gasteiger partial charge < -0.3 is 14.4 Å². The van der Waals surface area contributed by atoms with Crippen LogP contribution in [-0.4, -0.2) is 41.2 Å². The quantitative estimate of drug-likeness (QED) is 0.480. The number of nitrogens with zero attached hydrogens (tertiary/aromatic N) is 4. The van der Waals surface area contributed by atoms with Gasteiger partial charge in [-0.15, -0.1) is 0 Å². The van der Waals surface area contributed by atoms with Gasteiger partial charge in [0.15, 0.2) is 11.6 Å². The SMILES string of the molecule is CN1c2nc(Cl)ncc2OC[C@H]1COc1ccc([N+](=O)[O-])cc1. The van der Waals surface area contributed by atoms with E-state index in [1.807, 2.05) is 11.9 Å². The number of non-ortho nitro benzene ring substituents is 1. The molecule has 0 radical (unpaired) electrons. The Hall–Kier alpha value is -2.61. The fraction of sp³-hybridized carbons (Fsp3) is 0.286. The Morgan fingerprint density at radius 1 is 1.48 bits per heavy atom. The molecule has 23 heavy (non-hydrogen) atoms. The van der Waals surface area contributed by atoms with E-state index in [1.54, 1.807) is 12.1 Å². The van der Waals surface area contributed by atoms with E-state index in [1.165, 1.54) is 18.3 Å². The number of ether oxygens (including phenoxy) is 2. The highest BCUT2D eigenvalue weighted by molar-refractivity contribution is 6.28. The Labute approximate surface area is 136 Å². The summed E-state index contributed by atoms with van der Waals surface area (Å²) in [6.45, 7) is 0.761. The molecule has 120 valence electrons. The topological polar surface area (TPSA) is 90.6 Å². The van der Waals surface area contributed by atoms with E-state index in [-0.39, 0.29) is 17.0 Å². The number of hydrogen-bond donors (Lipinski definition) is 0. The van der Waals surface area contributed by atoms with Crippen molar-refractivity contribution in [3.05, 3.63) is 45.9 Å². The third-order valence-corrected chi connectivity index (χ3v) is 3.69. The van der Waals surface area contributed by atoms with Crippen LogP contribution in [0, 0.1) is 10.1 Å². The van der Waals surface area contributed by atoms with Crippen LogP contribution in [0.25, 0.3) is 0 Å². The molecule has 0 saturated carbocycles. The maximum atomic E-state index is 10.6. The summed E-state index contributed by atoms with van der Waals surface area (Å²) in [5.74, 6) is 1.73. The molecule has 0 aliphatic carbocycles. The van der Waals surface area contributed by atoms with E-state index in [0.717, 1.165) is 0 Å². The Bertz CT molecular complexity index is 725. The third kappa shape index (κ3) is 3.26. The molecule has 0 spiro atoms. The summed E-state index contributed by atoms with van der Waals surface area (Å²) in [6, 6.07) is 5.87. The fourth-order valence-electron chi connectivity index (χ4n) is 2.18. The second-order valence-corrected chi connectivity index (χ2v) is 5.30. The zero-order valence-electron chi connectivity index (χ0n) is 12.2.